The Balaban J connectivity index is 2.08. The molecule has 2 rings (SSSR count). The molecule has 2 unspecified atom stereocenters. The first-order chi connectivity index (χ1) is 9.13. The number of ether oxygens (including phenoxy) is 1. The van der Waals surface area contributed by atoms with E-state index in [1.54, 1.807) is 4.90 Å². The monoisotopic (exact) mass is 263 g/mol. The third kappa shape index (κ3) is 2.93. The standard InChI is InChI=1S/C14H17NO4/c1-2-15(10-6-4-3-5-7-10)13(16)11-8-9-12(19-11)14(17)18/h3-7,11-12H,2,8-9H2,1H3,(H,17,18). The fraction of sp³-hybridized carbons (Fsp3) is 0.429. The first-order valence-electron chi connectivity index (χ1n) is 6.38. The Bertz CT molecular complexity index is 460. The molecule has 2 atom stereocenters. The van der Waals surface area contributed by atoms with Gasteiger partial charge in [-0.05, 0) is 31.9 Å². The van der Waals surface area contributed by atoms with Crippen molar-refractivity contribution in [2.75, 3.05) is 11.4 Å². The van der Waals surface area contributed by atoms with Crippen LogP contribution in [0.15, 0.2) is 30.3 Å². The highest BCUT2D eigenvalue weighted by Gasteiger charge is 2.36. The number of benzene rings is 1. The topological polar surface area (TPSA) is 66.8 Å². The Labute approximate surface area is 111 Å². The van der Waals surface area contributed by atoms with Gasteiger partial charge in [-0.1, -0.05) is 18.2 Å². The molecule has 19 heavy (non-hydrogen) atoms. The van der Waals surface area contributed by atoms with Crippen molar-refractivity contribution >= 4 is 17.6 Å². The lowest BCUT2D eigenvalue weighted by Gasteiger charge is -2.24. The van der Waals surface area contributed by atoms with E-state index in [0.29, 0.717) is 19.4 Å². The number of anilines is 1. The second-order valence-electron chi connectivity index (χ2n) is 4.45. The van der Waals surface area contributed by atoms with Crippen LogP contribution in [0, 0.1) is 0 Å². The summed E-state index contributed by atoms with van der Waals surface area (Å²) in [6.45, 7) is 2.41. The summed E-state index contributed by atoms with van der Waals surface area (Å²) in [4.78, 5) is 24.8. The maximum absolute atomic E-state index is 12.4. The van der Waals surface area contributed by atoms with E-state index in [0.717, 1.165) is 5.69 Å². The Kier molecular flexibility index (Phi) is 4.16. The fourth-order valence-corrected chi connectivity index (χ4v) is 2.25. The Morgan fingerprint density at radius 3 is 2.42 bits per heavy atom. The van der Waals surface area contributed by atoms with Crippen LogP contribution >= 0.6 is 0 Å². The minimum Gasteiger partial charge on any atom is -0.479 e. The van der Waals surface area contributed by atoms with Crippen molar-refractivity contribution < 1.29 is 19.4 Å². The molecular formula is C14H17NO4. The summed E-state index contributed by atoms with van der Waals surface area (Å²) in [6, 6.07) is 9.31. The molecule has 102 valence electrons. The van der Waals surface area contributed by atoms with Gasteiger partial charge in [0, 0.05) is 12.2 Å². The van der Waals surface area contributed by atoms with E-state index < -0.39 is 18.2 Å². The third-order valence-electron chi connectivity index (χ3n) is 3.22. The third-order valence-corrected chi connectivity index (χ3v) is 3.22. The smallest absolute Gasteiger partial charge is 0.332 e. The molecule has 1 aromatic carbocycles. The Morgan fingerprint density at radius 2 is 1.89 bits per heavy atom. The zero-order chi connectivity index (χ0) is 13.8. The van der Waals surface area contributed by atoms with Crippen molar-refractivity contribution in [2.24, 2.45) is 0 Å². The van der Waals surface area contributed by atoms with Crippen LogP contribution in [0.1, 0.15) is 19.8 Å². The molecule has 0 radical (unpaired) electrons. The summed E-state index contributed by atoms with van der Waals surface area (Å²) < 4.78 is 5.30. The molecule has 1 heterocycles. The molecule has 1 saturated heterocycles. The quantitative estimate of drug-likeness (QED) is 0.897. The van der Waals surface area contributed by atoms with Gasteiger partial charge in [0.15, 0.2) is 6.10 Å². The first-order valence-corrected chi connectivity index (χ1v) is 6.38. The van der Waals surface area contributed by atoms with Crippen molar-refractivity contribution in [1.82, 2.24) is 0 Å². The average Bonchev–Trinajstić information content (AvgIpc) is 2.90. The normalized spacial score (nSPS) is 22.2. The fourth-order valence-electron chi connectivity index (χ4n) is 2.25. The van der Waals surface area contributed by atoms with Crippen molar-refractivity contribution in [2.45, 2.75) is 32.0 Å². The van der Waals surface area contributed by atoms with Gasteiger partial charge in [-0.3, -0.25) is 4.79 Å². The number of carbonyl (C=O) groups is 2. The van der Waals surface area contributed by atoms with Gasteiger partial charge in [-0.15, -0.1) is 0 Å². The molecule has 1 fully saturated rings. The van der Waals surface area contributed by atoms with Gasteiger partial charge in [-0.25, -0.2) is 4.79 Å². The highest BCUT2D eigenvalue weighted by molar-refractivity contribution is 5.97. The van der Waals surface area contributed by atoms with Gasteiger partial charge in [0.25, 0.3) is 5.91 Å². The summed E-state index contributed by atoms with van der Waals surface area (Å²) >= 11 is 0. The maximum Gasteiger partial charge on any atom is 0.332 e. The van der Waals surface area contributed by atoms with Gasteiger partial charge in [-0.2, -0.15) is 0 Å². The molecule has 0 aromatic heterocycles. The second-order valence-corrected chi connectivity index (χ2v) is 4.45. The lowest BCUT2D eigenvalue weighted by atomic mass is 10.1. The number of carboxylic acid groups (broad SMARTS) is 1. The van der Waals surface area contributed by atoms with Crippen LogP contribution in [-0.2, 0) is 14.3 Å². The number of rotatable bonds is 4. The second kappa shape index (κ2) is 5.84. The van der Waals surface area contributed by atoms with Crippen molar-refractivity contribution in [3.8, 4) is 0 Å². The van der Waals surface area contributed by atoms with Crippen LogP contribution < -0.4 is 4.90 Å². The van der Waals surface area contributed by atoms with E-state index in [2.05, 4.69) is 0 Å². The molecule has 0 bridgehead atoms. The van der Waals surface area contributed by atoms with Crippen molar-refractivity contribution in [3.05, 3.63) is 30.3 Å². The summed E-state index contributed by atoms with van der Waals surface area (Å²) in [5, 5.41) is 8.88. The Hall–Kier alpha value is -1.88. The minimum absolute atomic E-state index is 0.169. The van der Waals surface area contributed by atoms with Crippen molar-refractivity contribution in [1.29, 1.82) is 0 Å². The molecule has 1 N–H and O–H groups in total. The summed E-state index contributed by atoms with van der Waals surface area (Å²) in [6.07, 6.45) is -0.665. The number of para-hydroxylation sites is 1. The van der Waals surface area contributed by atoms with Gasteiger partial charge >= 0.3 is 5.97 Å². The van der Waals surface area contributed by atoms with E-state index in [-0.39, 0.29) is 5.91 Å². The highest BCUT2D eigenvalue weighted by Crippen LogP contribution is 2.24. The van der Waals surface area contributed by atoms with E-state index in [4.69, 9.17) is 9.84 Å². The van der Waals surface area contributed by atoms with Crippen LogP contribution in [0.2, 0.25) is 0 Å². The highest BCUT2D eigenvalue weighted by atomic mass is 16.5. The number of amides is 1. The maximum atomic E-state index is 12.4. The molecule has 0 spiro atoms. The van der Waals surface area contributed by atoms with Gasteiger partial charge in [0.05, 0.1) is 0 Å². The van der Waals surface area contributed by atoms with E-state index in [1.165, 1.54) is 0 Å². The lowest BCUT2D eigenvalue weighted by molar-refractivity contribution is -0.151. The molecule has 0 aliphatic carbocycles. The van der Waals surface area contributed by atoms with Crippen LogP contribution in [0.5, 0.6) is 0 Å². The van der Waals surface area contributed by atoms with Crippen molar-refractivity contribution in [3.63, 3.8) is 0 Å². The SMILES string of the molecule is CCN(C(=O)C1CCC(C(=O)O)O1)c1ccccc1. The lowest BCUT2D eigenvalue weighted by Crippen LogP contribution is -2.39. The summed E-state index contributed by atoms with van der Waals surface area (Å²) in [5.41, 5.74) is 0.803. The predicted octanol–water partition coefficient (Wildman–Crippen LogP) is 1.67. The number of hydrogen-bond acceptors (Lipinski definition) is 3. The van der Waals surface area contributed by atoms with E-state index >= 15 is 0 Å². The van der Waals surface area contributed by atoms with Gasteiger partial charge in [0.1, 0.15) is 6.10 Å². The number of nitrogens with zero attached hydrogens (tertiary/aromatic N) is 1. The van der Waals surface area contributed by atoms with Crippen LogP contribution in [-0.4, -0.2) is 35.7 Å². The summed E-state index contributed by atoms with van der Waals surface area (Å²) in [7, 11) is 0. The Morgan fingerprint density at radius 1 is 1.26 bits per heavy atom. The van der Waals surface area contributed by atoms with Crippen LogP contribution in [0.3, 0.4) is 0 Å². The van der Waals surface area contributed by atoms with Gasteiger partial charge in [0.2, 0.25) is 0 Å². The van der Waals surface area contributed by atoms with Crippen LogP contribution in [0.25, 0.3) is 0 Å². The molecule has 1 aliphatic rings. The molecule has 0 saturated carbocycles. The average molecular weight is 263 g/mol. The number of likely N-dealkylation sites (N-methyl/N-ethyl adjacent to an activating group) is 1. The number of carboxylic acids is 1. The van der Waals surface area contributed by atoms with E-state index in [9.17, 15) is 9.59 Å². The zero-order valence-electron chi connectivity index (χ0n) is 10.8. The molecular weight excluding hydrogens is 246 g/mol. The molecule has 1 aromatic rings. The zero-order valence-corrected chi connectivity index (χ0v) is 10.8. The summed E-state index contributed by atoms with van der Waals surface area (Å²) in [5.74, 6) is -1.17. The molecule has 5 heteroatoms. The number of hydrogen-bond donors (Lipinski definition) is 1. The van der Waals surface area contributed by atoms with Gasteiger partial charge < -0.3 is 14.7 Å². The predicted molar refractivity (Wildman–Crippen MR) is 70.0 cm³/mol. The first kappa shape index (κ1) is 13.5. The largest absolute Gasteiger partial charge is 0.479 e. The number of carbonyl (C=O) groups excluding carboxylic acids is 1. The van der Waals surface area contributed by atoms with Crippen LogP contribution in [0.4, 0.5) is 5.69 Å². The number of aliphatic carboxylic acids is 1. The van der Waals surface area contributed by atoms with E-state index in [1.807, 2.05) is 37.3 Å². The molecule has 1 aliphatic heterocycles. The molecule has 5 nitrogen and oxygen atoms in total. The molecule has 1 amide bonds. The minimum atomic E-state index is -1.00.